The Morgan fingerprint density at radius 1 is 1.03 bits per heavy atom. The molecule has 6 nitrogen and oxygen atoms in total. The molecule has 3 amide bonds. The van der Waals surface area contributed by atoms with Crippen LogP contribution >= 0.6 is 23.2 Å². The standard InChI is InChI=1S/C26H23Cl2N3O3/c1-16-6-4-7-17(12-16)14-29-26(34)19-8-2-3-10-21(19)30-25(33)18-13-23(32)31(15-18)22-11-5-9-20(27)24(22)28/h2-12,18H,13-15H2,1H3,(H,29,34)(H,30,33)/t18-/m1/s1. The highest BCUT2D eigenvalue weighted by Crippen LogP contribution is 2.36. The summed E-state index contributed by atoms with van der Waals surface area (Å²) < 4.78 is 0. The molecular weight excluding hydrogens is 473 g/mol. The summed E-state index contributed by atoms with van der Waals surface area (Å²) in [4.78, 5) is 39.9. The molecule has 1 fully saturated rings. The third-order valence-corrected chi connectivity index (χ3v) is 6.49. The lowest BCUT2D eigenvalue weighted by Crippen LogP contribution is -2.29. The van der Waals surface area contributed by atoms with Gasteiger partial charge in [0.1, 0.15) is 0 Å². The molecule has 3 aromatic rings. The molecule has 1 aliphatic heterocycles. The van der Waals surface area contributed by atoms with Gasteiger partial charge in [-0.15, -0.1) is 0 Å². The van der Waals surface area contributed by atoms with Gasteiger partial charge in [-0.3, -0.25) is 14.4 Å². The maximum absolute atomic E-state index is 13.0. The lowest BCUT2D eigenvalue weighted by molar-refractivity contribution is -0.122. The van der Waals surface area contributed by atoms with Gasteiger partial charge < -0.3 is 15.5 Å². The van der Waals surface area contributed by atoms with E-state index in [9.17, 15) is 14.4 Å². The van der Waals surface area contributed by atoms with Crippen molar-refractivity contribution in [2.45, 2.75) is 19.9 Å². The van der Waals surface area contributed by atoms with Crippen LogP contribution in [0.15, 0.2) is 66.7 Å². The Balaban J connectivity index is 1.44. The van der Waals surface area contributed by atoms with Crippen LogP contribution in [0.4, 0.5) is 11.4 Å². The molecule has 8 heteroatoms. The molecule has 2 N–H and O–H groups in total. The zero-order chi connectivity index (χ0) is 24.2. The van der Waals surface area contributed by atoms with Crippen LogP contribution in [0.1, 0.15) is 27.9 Å². The number of nitrogens with one attached hydrogen (secondary N) is 2. The fourth-order valence-electron chi connectivity index (χ4n) is 3.94. The van der Waals surface area contributed by atoms with Crippen molar-refractivity contribution in [3.05, 3.63) is 93.5 Å². The van der Waals surface area contributed by atoms with Crippen molar-refractivity contribution in [3.63, 3.8) is 0 Å². The highest BCUT2D eigenvalue weighted by atomic mass is 35.5. The molecule has 1 aliphatic rings. The van der Waals surface area contributed by atoms with Crippen molar-refractivity contribution in [1.82, 2.24) is 5.32 Å². The summed E-state index contributed by atoms with van der Waals surface area (Å²) in [6, 6.07) is 19.7. The molecule has 1 saturated heterocycles. The van der Waals surface area contributed by atoms with Crippen molar-refractivity contribution >= 4 is 52.3 Å². The molecule has 3 aromatic carbocycles. The Labute approximate surface area is 207 Å². The SMILES string of the molecule is Cc1cccc(CNC(=O)c2ccccc2NC(=O)[C@@H]2CC(=O)N(c3cccc(Cl)c3Cl)C2)c1. The molecule has 34 heavy (non-hydrogen) atoms. The molecule has 0 unspecified atom stereocenters. The van der Waals surface area contributed by atoms with E-state index in [1.165, 1.54) is 4.90 Å². The zero-order valence-corrected chi connectivity index (χ0v) is 20.0. The van der Waals surface area contributed by atoms with Crippen LogP contribution in [0.3, 0.4) is 0 Å². The first-order chi connectivity index (χ1) is 16.3. The number of nitrogens with zero attached hydrogens (tertiary/aromatic N) is 1. The fourth-order valence-corrected chi connectivity index (χ4v) is 4.34. The summed E-state index contributed by atoms with van der Waals surface area (Å²) in [7, 11) is 0. The van der Waals surface area contributed by atoms with E-state index in [1.807, 2.05) is 31.2 Å². The number of para-hydroxylation sites is 1. The van der Waals surface area contributed by atoms with Crippen molar-refractivity contribution in [3.8, 4) is 0 Å². The van der Waals surface area contributed by atoms with E-state index in [4.69, 9.17) is 23.2 Å². The number of anilines is 2. The van der Waals surface area contributed by atoms with Crippen LogP contribution in [0.25, 0.3) is 0 Å². The maximum Gasteiger partial charge on any atom is 0.253 e. The molecule has 1 atom stereocenters. The van der Waals surface area contributed by atoms with Gasteiger partial charge in [0, 0.05) is 19.5 Å². The third kappa shape index (κ3) is 5.24. The summed E-state index contributed by atoms with van der Waals surface area (Å²) in [6.07, 6.45) is 0.0381. The normalized spacial score (nSPS) is 15.3. The Bertz CT molecular complexity index is 1260. The molecule has 0 radical (unpaired) electrons. The van der Waals surface area contributed by atoms with Crippen LogP contribution in [0, 0.1) is 12.8 Å². The fraction of sp³-hybridized carbons (Fsp3) is 0.192. The number of halogens is 2. The van der Waals surface area contributed by atoms with Crippen LogP contribution in [0.5, 0.6) is 0 Å². The average Bonchev–Trinajstić information content (AvgIpc) is 3.21. The molecule has 174 valence electrons. The molecule has 0 aromatic heterocycles. The Morgan fingerprint density at radius 2 is 1.79 bits per heavy atom. The lowest BCUT2D eigenvalue weighted by Gasteiger charge is -2.19. The van der Waals surface area contributed by atoms with Gasteiger partial charge in [0.2, 0.25) is 11.8 Å². The van der Waals surface area contributed by atoms with E-state index in [0.717, 1.165) is 11.1 Å². The summed E-state index contributed by atoms with van der Waals surface area (Å²) in [5.41, 5.74) is 3.31. The van der Waals surface area contributed by atoms with Gasteiger partial charge in [-0.05, 0) is 36.8 Å². The highest BCUT2D eigenvalue weighted by molar-refractivity contribution is 6.44. The predicted octanol–water partition coefficient (Wildman–Crippen LogP) is 5.22. The van der Waals surface area contributed by atoms with Crippen molar-refractivity contribution in [1.29, 1.82) is 0 Å². The van der Waals surface area contributed by atoms with Crippen LogP contribution in [-0.4, -0.2) is 24.3 Å². The zero-order valence-electron chi connectivity index (χ0n) is 18.5. The smallest absolute Gasteiger partial charge is 0.253 e. The minimum atomic E-state index is -0.592. The van der Waals surface area contributed by atoms with Gasteiger partial charge in [0.25, 0.3) is 5.91 Å². The van der Waals surface area contributed by atoms with Gasteiger partial charge in [0.15, 0.2) is 0 Å². The van der Waals surface area contributed by atoms with Gasteiger partial charge in [0.05, 0.1) is 32.9 Å². The number of carbonyl (C=O) groups excluding carboxylic acids is 3. The first-order valence-corrected chi connectivity index (χ1v) is 11.6. The van der Waals surface area contributed by atoms with Gasteiger partial charge >= 0.3 is 0 Å². The Morgan fingerprint density at radius 3 is 2.59 bits per heavy atom. The summed E-state index contributed by atoms with van der Waals surface area (Å²) in [5.74, 6) is -1.44. The van der Waals surface area contributed by atoms with Gasteiger partial charge in [-0.1, -0.05) is 71.2 Å². The molecule has 0 spiro atoms. The van der Waals surface area contributed by atoms with Crippen LogP contribution < -0.4 is 15.5 Å². The second-order valence-corrected chi connectivity index (χ2v) is 8.97. The van der Waals surface area contributed by atoms with E-state index in [1.54, 1.807) is 42.5 Å². The topological polar surface area (TPSA) is 78.5 Å². The average molecular weight is 496 g/mol. The minimum absolute atomic E-state index is 0.0381. The third-order valence-electron chi connectivity index (χ3n) is 5.68. The largest absolute Gasteiger partial charge is 0.348 e. The van der Waals surface area contributed by atoms with Crippen molar-refractivity contribution in [2.24, 2.45) is 5.92 Å². The lowest BCUT2D eigenvalue weighted by atomic mass is 10.1. The second-order valence-electron chi connectivity index (χ2n) is 8.18. The van der Waals surface area contributed by atoms with Gasteiger partial charge in [-0.2, -0.15) is 0 Å². The number of aryl methyl sites for hydroxylation is 1. The number of hydrogen-bond donors (Lipinski definition) is 2. The first kappa shape index (κ1) is 23.8. The number of hydrogen-bond acceptors (Lipinski definition) is 3. The van der Waals surface area contributed by atoms with Crippen LogP contribution in [-0.2, 0) is 16.1 Å². The summed E-state index contributed by atoms with van der Waals surface area (Å²) >= 11 is 12.3. The van der Waals surface area contributed by atoms with Crippen molar-refractivity contribution in [2.75, 3.05) is 16.8 Å². The predicted molar refractivity (Wildman–Crippen MR) is 134 cm³/mol. The van der Waals surface area contributed by atoms with E-state index >= 15 is 0 Å². The Kier molecular flexibility index (Phi) is 7.20. The number of carbonyl (C=O) groups is 3. The summed E-state index contributed by atoms with van der Waals surface area (Å²) in [6.45, 7) is 2.53. The maximum atomic E-state index is 13.0. The minimum Gasteiger partial charge on any atom is -0.348 e. The molecular formula is C26H23Cl2N3O3. The number of benzene rings is 3. The van der Waals surface area contributed by atoms with E-state index in [2.05, 4.69) is 10.6 Å². The highest BCUT2D eigenvalue weighted by Gasteiger charge is 2.36. The first-order valence-electron chi connectivity index (χ1n) is 10.8. The Hall–Kier alpha value is -3.35. The summed E-state index contributed by atoms with van der Waals surface area (Å²) in [5, 5.41) is 6.33. The van der Waals surface area contributed by atoms with Crippen LogP contribution in [0.2, 0.25) is 10.0 Å². The molecule has 4 rings (SSSR count). The van der Waals surface area contributed by atoms with E-state index in [-0.39, 0.29) is 35.7 Å². The number of amides is 3. The van der Waals surface area contributed by atoms with E-state index < -0.39 is 5.92 Å². The molecule has 1 heterocycles. The monoisotopic (exact) mass is 495 g/mol. The van der Waals surface area contributed by atoms with E-state index in [0.29, 0.717) is 28.5 Å². The number of rotatable bonds is 6. The molecule has 0 aliphatic carbocycles. The quantitative estimate of drug-likeness (QED) is 0.491. The van der Waals surface area contributed by atoms with Gasteiger partial charge in [-0.25, -0.2) is 0 Å². The molecule has 0 saturated carbocycles. The molecule has 0 bridgehead atoms. The second kappa shape index (κ2) is 10.3. The van der Waals surface area contributed by atoms with Crippen molar-refractivity contribution < 1.29 is 14.4 Å².